The van der Waals surface area contributed by atoms with Crippen molar-refractivity contribution in [2.75, 3.05) is 7.11 Å². The number of halogens is 4. The Hall–Kier alpha value is -3.70. The van der Waals surface area contributed by atoms with Gasteiger partial charge >= 0.3 is 0 Å². The number of ether oxygens (including phenoxy) is 1. The average molecular weight is 479 g/mol. The van der Waals surface area contributed by atoms with E-state index in [4.69, 9.17) is 0 Å². The van der Waals surface area contributed by atoms with Crippen molar-refractivity contribution in [1.29, 1.82) is 0 Å². The van der Waals surface area contributed by atoms with Gasteiger partial charge in [-0.1, -0.05) is 49.9 Å². The minimum atomic E-state index is -0.830. The zero-order valence-corrected chi connectivity index (χ0v) is 20.0. The fourth-order valence-corrected chi connectivity index (χ4v) is 3.63. The molecule has 3 aromatic carbocycles. The molecule has 0 unspecified atom stereocenters. The van der Waals surface area contributed by atoms with Gasteiger partial charge in [0.25, 0.3) is 0 Å². The minimum Gasteiger partial charge on any atom is -0.491 e. The predicted molar refractivity (Wildman–Crippen MR) is 130 cm³/mol. The lowest BCUT2D eigenvalue weighted by Crippen LogP contribution is -1.95. The van der Waals surface area contributed by atoms with Crippen LogP contribution in [-0.2, 0) is 6.42 Å². The Bertz CT molecular complexity index is 1290. The summed E-state index contributed by atoms with van der Waals surface area (Å²) in [6.45, 7) is 3.92. The van der Waals surface area contributed by atoms with Crippen LogP contribution in [0.5, 0.6) is 5.75 Å². The van der Waals surface area contributed by atoms with Gasteiger partial charge in [-0.05, 0) is 73.4 Å². The lowest BCUT2D eigenvalue weighted by Gasteiger charge is -2.04. The Morgan fingerprint density at radius 1 is 0.714 bits per heavy atom. The van der Waals surface area contributed by atoms with Crippen LogP contribution in [-0.4, -0.2) is 7.11 Å². The third kappa shape index (κ3) is 6.90. The van der Waals surface area contributed by atoms with E-state index in [1.54, 1.807) is 25.1 Å². The lowest BCUT2D eigenvalue weighted by molar-refractivity contribution is 0.359. The Morgan fingerprint density at radius 2 is 1.37 bits per heavy atom. The van der Waals surface area contributed by atoms with Crippen LogP contribution in [0.25, 0.3) is 0 Å². The fraction of sp³-hybridized carbons (Fsp3) is 0.267. The van der Waals surface area contributed by atoms with Crippen molar-refractivity contribution in [2.45, 2.75) is 46.0 Å². The summed E-state index contributed by atoms with van der Waals surface area (Å²) in [6, 6.07) is 10.0. The molecular weight excluding hydrogens is 452 g/mol. The Balaban J connectivity index is 1.77. The molecule has 0 atom stereocenters. The Labute approximate surface area is 204 Å². The summed E-state index contributed by atoms with van der Waals surface area (Å²) in [6.07, 6.45) is 4.78. The van der Waals surface area contributed by atoms with Crippen molar-refractivity contribution >= 4 is 0 Å². The quantitative estimate of drug-likeness (QED) is 0.203. The van der Waals surface area contributed by atoms with Crippen molar-refractivity contribution in [2.24, 2.45) is 0 Å². The van der Waals surface area contributed by atoms with E-state index in [-0.39, 0.29) is 11.1 Å². The van der Waals surface area contributed by atoms with Gasteiger partial charge in [0.2, 0.25) is 0 Å². The second kappa shape index (κ2) is 12.1. The zero-order chi connectivity index (χ0) is 25.4. The van der Waals surface area contributed by atoms with E-state index in [1.165, 1.54) is 19.2 Å². The summed E-state index contributed by atoms with van der Waals surface area (Å²) in [5.41, 5.74) is 2.52. The summed E-state index contributed by atoms with van der Waals surface area (Å²) in [4.78, 5) is 0. The summed E-state index contributed by atoms with van der Waals surface area (Å²) in [5, 5.41) is 0. The molecule has 0 aliphatic heterocycles. The molecule has 3 aromatic rings. The highest BCUT2D eigenvalue weighted by Gasteiger charge is 2.11. The highest BCUT2D eigenvalue weighted by Crippen LogP contribution is 2.22. The zero-order valence-electron chi connectivity index (χ0n) is 20.0. The van der Waals surface area contributed by atoms with E-state index in [1.807, 2.05) is 0 Å². The molecule has 3 rings (SSSR count). The molecule has 5 heteroatoms. The van der Waals surface area contributed by atoms with E-state index in [0.717, 1.165) is 43.4 Å². The molecule has 0 spiro atoms. The molecule has 0 bridgehead atoms. The molecule has 0 radical (unpaired) electrons. The number of methoxy groups -OCH3 is 1. The standard InChI is InChI=1S/C30H26F4O/c1-4-5-6-7-8-22-16-26(31)25(27(32)17-22)14-11-21-9-12-24(20(2)15-21)13-10-23-18-28(33)30(35-3)29(34)19-23/h9,12,15-19H,4-8H2,1-3H3. The second-order valence-corrected chi connectivity index (χ2v) is 8.25. The van der Waals surface area contributed by atoms with Crippen molar-refractivity contribution in [1.82, 2.24) is 0 Å². The first-order valence-corrected chi connectivity index (χ1v) is 11.5. The van der Waals surface area contributed by atoms with Gasteiger partial charge in [0.15, 0.2) is 17.4 Å². The number of hydrogen-bond acceptors (Lipinski definition) is 1. The van der Waals surface area contributed by atoms with E-state index in [0.29, 0.717) is 23.1 Å². The smallest absolute Gasteiger partial charge is 0.190 e. The first-order valence-electron chi connectivity index (χ1n) is 11.5. The van der Waals surface area contributed by atoms with Gasteiger partial charge in [0, 0.05) is 16.7 Å². The largest absolute Gasteiger partial charge is 0.491 e. The molecule has 0 fully saturated rings. The summed E-state index contributed by atoms with van der Waals surface area (Å²) in [5.74, 6) is 7.56. The first-order chi connectivity index (χ1) is 16.8. The molecule has 35 heavy (non-hydrogen) atoms. The van der Waals surface area contributed by atoms with Gasteiger partial charge in [-0.25, -0.2) is 17.6 Å². The molecule has 0 saturated heterocycles. The molecule has 0 N–H and O–H groups in total. The topological polar surface area (TPSA) is 9.23 Å². The molecule has 1 nitrogen and oxygen atoms in total. The highest BCUT2D eigenvalue weighted by molar-refractivity contribution is 5.52. The SMILES string of the molecule is CCCCCCc1cc(F)c(C#Cc2ccc(C#Cc3cc(F)c(OC)c(F)c3)c(C)c2)c(F)c1. The second-order valence-electron chi connectivity index (χ2n) is 8.25. The fourth-order valence-electron chi connectivity index (χ4n) is 3.63. The molecule has 0 aliphatic carbocycles. The average Bonchev–Trinajstić information content (AvgIpc) is 2.80. The van der Waals surface area contributed by atoms with Gasteiger partial charge in [0.1, 0.15) is 11.6 Å². The van der Waals surface area contributed by atoms with Crippen molar-refractivity contribution < 1.29 is 22.3 Å². The van der Waals surface area contributed by atoms with Crippen LogP contribution in [0.3, 0.4) is 0 Å². The number of hydrogen-bond donors (Lipinski definition) is 0. The van der Waals surface area contributed by atoms with Gasteiger partial charge in [-0.15, -0.1) is 0 Å². The van der Waals surface area contributed by atoms with Crippen molar-refractivity contribution in [3.63, 3.8) is 0 Å². The van der Waals surface area contributed by atoms with Crippen LogP contribution in [0, 0.1) is 53.9 Å². The molecule has 0 aromatic heterocycles. The van der Waals surface area contributed by atoms with Crippen LogP contribution >= 0.6 is 0 Å². The van der Waals surface area contributed by atoms with Gasteiger partial charge in [0.05, 0.1) is 12.7 Å². The molecule has 180 valence electrons. The monoisotopic (exact) mass is 478 g/mol. The molecule has 0 aliphatic rings. The van der Waals surface area contributed by atoms with Crippen LogP contribution in [0.4, 0.5) is 17.6 Å². The van der Waals surface area contributed by atoms with Gasteiger partial charge in [-0.3, -0.25) is 0 Å². The molecule has 0 heterocycles. The predicted octanol–water partition coefficient (Wildman–Crippen LogP) is 7.48. The first kappa shape index (κ1) is 25.9. The number of rotatable bonds is 6. The maximum Gasteiger partial charge on any atom is 0.190 e. The van der Waals surface area contributed by atoms with Crippen LogP contribution in [0.1, 0.15) is 66.0 Å². The summed E-state index contributed by atoms with van der Waals surface area (Å²) < 4.78 is 61.3. The van der Waals surface area contributed by atoms with E-state index >= 15 is 0 Å². The maximum absolute atomic E-state index is 14.5. The number of benzene rings is 3. The van der Waals surface area contributed by atoms with Crippen molar-refractivity contribution in [3.8, 4) is 29.4 Å². The molecule has 0 amide bonds. The highest BCUT2D eigenvalue weighted by atomic mass is 19.1. The minimum absolute atomic E-state index is 0.170. The summed E-state index contributed by atoms with van der Waals surface area (Å²) in [7, 11) is 1.19. The normalized spacial score (nSPS) is 10.3. The maximum atomic E-state index is 14.5. The molecule has 0 saturated carbocycles. The van der Waals surface area contributed by atoms with E-state index in [9.17, 15) is 17.6 Å². The third-order valence-electron chi connectivity index (χ3n) is 5.52. The van der Waals surface area contributed by atoms with Crippen molar-refractivity contribution in [3.05, 3.63) is 99.1 Å². The third-order valence-corrected chi connectivity index (χ3v) is 5.52. The number of unbranched alkanes of at least 4 members (excludes halogenated alkanes) is 3. The van der Waals surface area contributed by atoms with E-state index in [2.05, 4.69) is 35.3 Å². The van der Waals surface area contributed by atoms with Crippen LogP contribution in [0.2, 0.25) is 0 Å². The van der Waals surface area contributed by atoms with Crippen LogP contribution in [0.15, 0.2) is 42.5 Å². The van der Waals surface area contributed by atoms with E-state index < -0.39 is 29.0 Å². The lowest BCUT2D eigenvalue weighted by atomic mass is 10.0. The van der Waals surface area contributed by atoms with Gasteiger partial charge in [-0.2, -0.15) is 0 Å². The Morgan fingerprint density at radius 3 is 1.97 bits per heavy atom. The summed E-state index contributed by atoms with van der Waals surface area (Å²) >= 11 is 0. The number of aryl methyl sites for hydroxylation is 2. The van der Waals surface area contributed by atoms with Crippen LogP contribution < -0.4 is 4.74 Å². The van der Waals surface area contributed by atoms with Gasteiger partial charge < -0.3 is 4.74 Å². The Kier molecular flexibility index (Phi) is 8.98. The molecular formula is C30H26F4O.